The molecule has 5 nitrogen and oxygen atoms in total. The second-order valence-electron chi connectivity index (χ2n) is 4.64. The van der Waals surface area contributed by atoms with Gasteiger partial charge in [0.15, 0.2) is 0 Å². The molecule has 1 aromatic rings. The number of hydrogen-bond acceptors (Lipinski definition) is 2. The van der Waals surface area contributed by atoms with Crippen LogP contribution < -0.4 is 0 Å². The van der Waals surface area contributed by atoms with E-state index in [1.165, 1.54) is 16.8 Å². The molecular formula is C14H19BrN2O3. The van der Waals surface area contributed by atoms with Gasteiger partial charge in [-0.3, -0.25) is 0 Å². The van der Waals surface area contributed by atoms with Crippen molar-refractivity contribution in [1.29, 1.82) is 0 Å². The Morgan fingerprint density at radius 3 is 2.25 bits per heavy atom. The van der Waals surface area contributed by atoms with Crippen LogP contribution in [0.25, 0.3) is 0 Å². The van der Waals surface area contributed by atoms with Crippen molar-refractivity contribution in [1.82, 2.24) is 9.80 Å². The van der Waals surface area contributed by atoms with Crippen molar-refractivity contribution >= 4 is 27.9 Å². The molecule has 0 heterocycles. The van der Waals surface area contributed by atoms with Gasteiger partial charge in [-0.05, 0) is 24.1 Å². The summed E-state index contributed by atoms with van der Waals surface area (Å²) in [6.45, 7) is 2.18. The van der Waals surface area contributed by atoms with Crippen molar-refractivity contribution in [2.24, 2.45) is 0 Å². The molecule has 1 N–H and O–H groups in total. The molecule has 0 saturated carbocycles. The van der Waals surface area contributed by atoms with Crippen LogP contribution in [0.2, 0.25) is 0 Å². The average Bonchev–Trinajstić information content (AvgIpc) is 2.40. The van der Waals surface area contributed by atoms with E-state index in [1.54, 1.807) is 14.0 Å². The summed E-state index contributed by atoms with van der Waals surface area (Å²) in [5.41, 5.74) is 0.987. The van der Waals surface area contributed by atoms with Crippen LogP contribution >= 0.6 is 15.9 Å². The Morgan fingerprint density at radius 2 is 1.80 bits per heavy atom. The molecule has 0 saturated heterocycles. The smallest absolute Gasteiger partial charge is 0.326 e. The molecular weight excluding hydrogens is 324 g/mol. The fourth-order valence-corrected chi connectivity index (χ4v) is 2.21. The van der Waals surface area contributed by atoms with Crippen LogP contribution in [-0.4, -0.2) is 47.0 Å². The van der Waals surface area contributed by atoms with E-state index >= 15 is 0 Å². The quantitative estimate of drug-likeness (QED) is 0.894. The highest BCUT2D eigenvalue weighted by Gasteiger charge is 2.26. The van der Waals surface area contributed by atoms with Crippen LogP contribution in [0.15, 0.2) is 28.7 Å². The summed E-state index contributed by atoms with van der Waals surface area (Å²) in [5.74, 6) is -0.986. The molecule has 0 radical (unpaired) electrons. The largest absolute Gasteiger partial charge is 0.480 e. The van der Waals surface area contributed by atoms with Gasteiger partial charge in [-0.2, -0.15) is 0 Å². The first-order chi connectivity index (χ1) is 9.36. The predicted molar refractivity (Wildman–Crippen MR) is 80.5 cm³/mol. The van der Waals surface area contributed by atoms with Gasteiger partial charge < -0.3 is 14.9 Å². The number of benzene rings is 1. The summed E-state index contributed by atoms with van der Waals surface area (Å²) in [6, 6.07) is 6.55. The summed E-state index contributed by atoms with van der Waals surface area (Å²) < 4.78 is 0.976. The molecule has 0 aliphatic rings. The van der Waals surface area contributed by atoms with Crippen molar-refractivity contribution in [3.05, 3.63) is 34.3 Å². The Morgan fingerprint density at radius 1 is 1.25 bits per heavy atom. The molecule has 110 valence electrons. The fraction of sp³-hybridized carbons (Fsp3) is 0.429. The summed E-state index contributed by atoms with van der Waals surface area (Å²) >= 11 is 3.35. The van der Waals surface area contributed by atoms with Gasteiger partial charge in [-0.1, -0.05) is 35.0 Å². The number of urea groups is 1. The number of halogens is 1. The first-order valence-corrected chi connectivity index (χ1v) is 7.11. The Hall–Kier alpha value is -1.56. The SMILES string of the molecule is CCC(C(=O)O)N(C)C(=O)N(C)Cc1ccc(Br)cc1. The van der Waals surface area contributed by atoms with Gasteiger partial charge >= 0.3 is 12.0 Å². The number of aliphatic carboxylic acids is 1. The Kier molecular flexibility index (Phi) is 6.01. The van der Waals surface area contributed by atoms with E-state index in [-0.39, 0.29) is 6.03 Å². The summed E-state index contributed by atoms with van der Waals surface area (Å²) in [6.07, 6.45) is 0.379. The molecule has 1 unspecified atom stereocenters. The monoisotopic (exact) mass is 342 g/mol. The first kappa shape index (κ1) is 16.5. The minimum absolute atomic E-state index is 0.304. The lowest BCUT2D eigenvalue weighted by Gasteiger charge is -2.29. The fourth-order valence-electron chi connectivity index (χ4n) is 1.95. The third kappa shape index (κ3) is 4.23. The zero-order valence-electron chi connectivity index (χ0n) is 11.8. The summed E-state index contributed by atoms with van der Waals surface area (Å²) in [5, 5.41) is 9.08. The number of likely N-dealkylation sites (N-methyl/N-ethyl adjacent to an activating group) is 1. The van der Waals surface area contributed by atoms with Crippen LogP contribution in [0.4, 0.5) is 4.79 Å². The molecule has 6 heteroatoms. The maximum Gasteiger partial charge on any atom is 0.326 e. The van der Waals surface area contributed by atoms with Crippen LogP contribution in [0.3, 0.4) is 0 Å². The van der Waals surface area contributed by atoms with Crippen molar-refractivity contribution in [3.8, 4) is 0 Å². The highest BCUT2D eigenvalue weighted by Crippen LogP contribution is 2.13. The number of carboxylic acids is 1. The first-order valence-electron chi connectivity index (χ1n) is 6.32. The van der Waals surface area contributed by atoms with Crippen LogP contribution in [0.1, 0.15) is 18.9 Å². The molecule has 0 aliphatic heterocycles. The third-order valence-corrected chi connectivity index (χ3v) is 3.63. The van der Waals surface area contributed by atoms with E-state index in [9.17, 15) is 9.59 Å². The van der Waals surface area contributed by atoms with Crippen molar-refractivity contribution in [3.63, 3.8) is 0 Å². The number of carbonyl (C=O) groups is 2. The normalized spacial score (nSPS) is 11.8. The van der Waals surface area contributed by atoms with Gasteiger partial charge in [0, 0.05) is 25.1 Å². The number of hydrogen-bond donors (Lipinski definition) is 1. The van der Waals surface area contributed by atoms with E-state index in [0.717, 1.165) is 10.0 Å². The minimum atomic E-state index is -0.986. The Labute approximate surface area is 127 Å². The third-order valence-electron chi connectivity index (χ3n) is 3.10. The van der Waals surface area contributed by atoms with Crippen LogP contribution in [0.5, 0.6) is 0 Å². The molecule has 20 heavy (non-hydrogen) atoms. The second kappa shape index (κ2) is 7.28. The highest BCUT2D eigenvalue weighted by atomic mass is 79.9. The average molecular weight is 343 g/mol. The van der Waals surface area contributed by atoms with E-state index in [1.807, 2.05) is 24.3 Å². The lowest BCUT2D eigenvalue weighted by atomic mass is 10.2. The Bertz CT molecular complexity index is 476. The second-order valence-corrected chi connectivity index (χ2v) is 5.55. The van der Waals surface area contributed by atoms with Crippen LogP contribution in [-0.2, 0) is 11.3 Å². The molecule has 0 aromatic heterocycles. The molecule has 2 amide bonds. The molecule has 0 aliphatic carbocycles. The van der Waals surface area contributed by atoms with Gasteiger partial charge in [-0.25, -0.2) is 9.59 Å². The zero-order chi connectivity index (χ0) is 15.3. The Balaban J connectivity index is 2.71. The molecule has 1 rings (SSSR count). The van der Waals surface area contributed by atoms with E-state index in [2.05, 4.69) is 15.9 Å². The van der Waals surface area contributed by atoms with E-state index < -0.39 is 12.0 Å². The molecule has 1 atom stereocenters. The van der Waals surface area contributed by atoms with Gasteiger partial charge in [-0.15, -0.1) is 0 Å². The van der Waals surface area contributed by atoms with E-state index in [0.29, 0.717) is 13.0 Å². The number of rotatable bonds is 5. The van der Waals surface area contributed by atoms with Crippen molar-refractivity contribution < 1.29 is 14.7 Å². The number of carboxylic acid groups (broad SMARTS) is 1. The van der Waals surface area contributed by atoms with Gasteiger partial charge in [0.25, 0.3) is 0 Å². The van der Waals surface area contributed by atoms with Gasteiger partial charge in [0.05, 0.1) is 0 Å². The minimum Gasteiger partial charge on any atom is -0.480 e. The van der Waals surface area contributed by atoms with Crippen LogP contribution in [0, 0.1) is 0 Å². The maximum atomic E-state index is 12.2. The molecule has 1 aromatic carbocycles. The van der Waals surface area contributed by atoms with Gasteiger partial charge in [0.1, 0.15) is 6.04 Å². The summed E-state index contributed by atoms with van der Waals surface area (Å²) in [7, 11) is 3.18. The van der Waals surface area contributed by atoms with E-state index in [4.69, 9.17) is 5.11 Å². The lowest BCUT2D eigenvalue weighted by Crippen LogP contribution is -2.47. The molecule has 0 fully saturated rings. The zero-order valence-corrected chi connectivity index (χ0v) is 13.4. The molecule has 0 bridgehead atoms. The molecule has 0 spiro atoms. The number of nitrogens with zero attached hydrogens (tertiary/aromatic N) is 2. The van der Waals surface area contributed by atoms with Crippen molar-refractivity contribution in [2.75, 3.05) is 14.1 Å². The lowest BCUT2D eigenvalue weighted by molar-refractivity contribution is -0.142. The number of carbonyl (C=O) groups excluding carboxylic acids is 1. The van der Waals surface area contributed by atoms with Gasteiger partial charge in [0.2, 0.25) is 0 Å². The standard InChI is InChI=1S/C14H19BrN2O3/c1-4-12(13(18)19)17(3)14(20)16(2)9-10-5-7-11(15)8-6-10/h5-8,12H,4,9H2,1-3H3,(H,18,19). The predicted octanol–water partition coefficient (Wildman–Crippen LogP) is 2.80. The highest BCUT2D eigenvalue weighted by molar-refractivity contribution is 9.10. The number of amides is 2. The summed E-state index contributed by atoms with van der Waals surface area (Å²) in [4.78, 5) is 26.0. The van der Waals surface area contributed by atoms with Crippen molar-refractivity contribution in [2.45, 2.75) is 25.9 Å². The maximum absolute atomic E-state index is 12.2. The topological polar surface area (TPSA) is 60.9 Å².